The van der Waals surface area contributed by atoms with Crippen LogP contribution in [0.1, 0.15) is 30.3 Å². The molecule has 17 heavy (non-hydrogen) atoms. The van der Waals surface area contributed by atoms with Gasteiger partial charge in [0.2, 0.25) is 0 Å². The number of aliphatic hydroxyl groups is 1. The highest BCUT2D eigenvalue weighted by molar-refractivity contribution is 5.97. The summed E-state index contributed by atoms with van der Waals surface area (Å²) in [6.45, 7) is 3.77. The number of carbonyl (C=O) groups is 1. The van der Waals surface area contributed by atoms with Gasteiger partial charge in [0.15, 0.2) is 5.69 Å². The van der Waals surface area contributed by atoms with Crippen LogP contribution in [0, 0.1) is 0 Å². The number of aliphatic hydroxyl groups excluding tert-OH is 1. The van der Waals surface area contributed by atoms with Gasteiger partial charge >= 0.3 is 0 Å². The van der Waals surface area contributed by atoms with Crippen LogP contribution in [0.4, 0.5) is 5.69 Å². The van der Waals surface area contributed by atoms with Crippen molar-refractivity contribution in [2.24, 2.45) is 0 Å². The molecule has 0 atom stereocenters. The van der Waals surface area contributed by atoms with Crippen LogP contribution in [0.2, 0.25) is 0 Å². The average molecular weight is 238 g/mol. The maximum absolute atomic E-state index is 12.1. The van der Waals surface area contributed by atoms with Crippen molar-refractivity contribution in [1.82, 2.24) is 14.7 Å². The summed E-state index contributed by atoms with van der Waals surface area (Å²) in [5, 5.41) is 13.6. The van der Waals surface area contributed by atoms with E-state index in [2.05, 4.69) is 5.10 Å². The van der Waals surface area contributed by atoms with E-state index in [0.29, 0.717) is 43.9 Å². The topological polar surface area (TPSA) is 84.4 Å². The van der Waals surface area contributed by atoms with E-state index in [1.165, 1.54) is 0 Å². The summed E-state index contributed by atoms with van der Waals surface area (Å²) in [6.07, 6.45) is 2.64. The summed E-state index contributed by atoms with van der Waals surface area (Å²) >= 11 is 0. The molecule has 1 aromatic heterocycles. The van der Waals surface area contributed by atoms with Crippen molar-refractivity contribution in [2.75, 3.05) is 18.8 Å². The van der Waals surface area contributed by atoms with Crippen LogP contribution in [0.3, 0.4) is 0 Å². The van der Waals surface area contributed by atoms with E-state index in [1.54, 1.807) is 15.8 Å². The summed E-state index contributed by atoms with van der Waals surface area (Å²) in [5.74, 6) is -0.137. The Morgan fingerprint density at radius 1 is 1.59 bits per heavy atom. The Bertz CT molecular complexity index is 408. The third-order valence-electron chi connectivity index (χ3n) is 3.07. The lowest BCUT2D eigenvalue weighted by Crippen LogP contribution is -2.40. The SMILES string of the molecule is CCn1cc(N)c(C(=O)N2CCC(O)CC2)n1. The summed E-state index contributed by atoms with van der Waals surface area (Å²) in [6, 6.07) is 0. The first-order valence-electron chi connectivity index (χ1n) is 5.92. The van der Waals surface area contributed by atoms with Gasteiger partial charge in [-0.05, 0) is 19.8 Å². The van der Waals surface area contributed by atoms with Gasteiger partial charge < -0.3 is 15.7 Å². The highest BCUT2D eigenvalue weighted by Crippen LogP contribution is 2.16. The molecule has 3 N–H and O–H groups in total. The molecule has 0 aromatic carbocycles. The number of nitrogens with zero attached hydrogens (tertiary/aromatic N) is 3. The molecule has 0 radical (unpaired) electrons. The van der Waals surface area contributed by atoms with Crippen LogP contribution in [-0.4, -0.2) is 44.9 Å². The largest absolute Gasteiger partial charge is 0.396 e. The highest BCUT2D eigenvalue weighted by Gasteiger charge is 2.25. The molecule has 0 spiro atoms. The Balaban J connectivity index is 2.11. The molecular weight excluding hydrogens is 220 g/mol. The number of amides is 1. The molecule has 94 valence electrons. The van der Waals surface area contributed by atoms with E-state index in [4.69, 9.17) is 5.73 Å². The van der Waals surface area contributed by atoms with E-state index in [9.17, 15) is 9.90 Å². The van der Waals surface area contributed by atoms with Crippen LogP contribution in [0.25, 0.3) is 0 Å². The minimum Gasteiger partial charge on any atom is -0.396 e. The van der Waals surface area contributed by atoms with Gasteiger partial charge in [0.05, 0.1) is 11.8 Å². The fraction of sp³-hybridized carbons (Fsp3) is 0.636. The number of aryl methyl sites for hydroxylation is 1. The quantitative estimate of drug-likeness (QED) is 0.764. The average Bonchev–Trinajstić information content (AvgIpc) is 2.71. The van der Waals surface area contributed by atoms with E-state index in [0.717, 1.165) is 0 Å². The number of nitrogen functional groups attached to an aromatic ring is 1. The highest BCUT2D eigenvalue weighted by atomic mass is 16.3. The normalized spacial score (nSPS) is 17.4. The molecule has 1 fully saturated rings. The lowest BCUT2D eigenvalue weighted by molar-refractivity contribution is 0.0541. The fourth-order valence-electron chi connectivity index (χ4n) is 1.98. The first kappa shape index (κ1) is 11.9. The molecule has 0 saturated carbocycles. The van der Waals surface area contributed by atoms with Crippen molar-refractivity contribution < 1.29 is 9.90 Å². The second kappa shape index (κ2) is 4.75. The number of aromatic nitrogens is 2. The van der Waals surface area contributed by atoms with Crippen LogP contribution < -0.4 is 5.73 Å². The molecule has 1 saturated heterocycles. The number of hydrogen-bond donors (Lipinski definition) is 2. The molecule has 2 rings (SSSR count). The van der Waals surface area contributed by atoms with Crippen molar-refractivity contribution in [1.29, 1.82) is 0 Å². The Morgan fingerprint density at radius 2 is 2.24 bits per heavy atom. The van der Waals surface area contributed by atoms with Crippen molar-refractivity contribution in [2.45, 2.75) is 32.4 Å². The Morgan fingerprint density at radius 3 is 2.76 bits per heavy atom. The van der Waals surface area contributed by atoms with Crippen LogP contribution in [0.5, 0.6) is 0 Å². The van der Waals surface area contributed by atoms with Crippen LogP contribution in [0.15, 0.2) is 6.20 Å². The molecule has 2 heterocycles. The number of likely N-dealkylation sites (tertiary alicyclic amines) is 1. The third kappa shape index (κ3) is 2.41. The van der Waals surface area contributed by atoms with Crippen molar-refractivity contribution in [3.05, 3.63) is 11.9 Å². The van der Waals surface area contributed by atoms with Crippen molar-refractivity contribution in [3.8, 4) is 0 Å². The predicted octanol–water partition coefficient (Wildman–Crippen LogP) is 0.0821. The van der Waals surface area contributed by atoms with E-state index in [1.807, 2.05) is 6.92 Å². The first-order valence-corrected chi connectivity index (χ1v) is 5.92. The zero-order valence-corrected chi connectivity index (χ0v) is 9.96. The molecule has 1 aliphatic rings. The molecule has 1 aliphatic heterocycles. The second-order valence-electron chi connectivity index (χ2n) is 4.31. The van der Waals surface area contributed by atoms with Gasteiger partial charge in [0, 0.05) is 25.8 Å². The van der Waals surface area contributed by atoms with E-state index >= 15 is 0 Å². The zero-order chi connectivity index (χ0) is 12.4. The molecule has 6 nitrogen and oxygen atoms in total. The van der Waals surface area contributed by atoms with Crippen molar-refractivity contribution >= 4 is 11.6 Å². The minimum atomic E-state index is -0.287. The van der Waals surface area contributed by atoms with Gasteiger partial charge in [-0.25, -0.2) is 0 Å². The molecule has 1 amide bonds. The molecular formula is C11H18N4O2. The monoisotopic (exact) mass is 238 g/mol. The predicted molar refractivity (Wildman–Crippen MR) is 63.5 cm³/mol. The number of nitrogens with two attached hydrogens (primary N) is 1. The molecule has 0 aliphatic carbocycles. The first-order chi connectivity index (χ1) is 8.11. The Labute approximate surface area is 100 Å². The Hall–Kier alpha value is -1.56. The number of anilines is 1. The lowest BCUT2D eigenvalue weighted by Gasteiger charge is -2.29. The van der Waals surface area contributed by atoms with Gasteiger partial charge in [-0.3, -0.25) is 9.48 Å². The summed E-state index contributed by atoms with van der Waals surface area (Å²) in [7, 11) is 0. The summed E-state index contributed by atoms with van der Waals surface area (Å²) in [4.78, 5) is 13.8. The van der Waals surface area contributed by atoms with Gasteiger partial charge in [-0.2, -0.15) is 5.10 Å². The number of carbonyl (C=O) groups excluding carboxylic acids is 1. The fourth-order valence-corrected chi connectivity index (χ4v) is 1.98. The van der Waals surface area contributed by atoms with Crippen molar-refractivity contribution in [3.63, 3.8) is 0 Å². The number of piperidine rings is 1. The molecule has 6 heteroatoms. The minimum absolute atomic E-state index is 0.137. The van der Waals surface area contributed by atoms with Crippen LogP contribution >= 0.6 is 0 Å². The summed E-state index contributed by atoms with van der Waals surface area (Å²) < 4.78 is 1.65. The van der Waals surface area contributed by atoms with Gasteiger partial charge in [-0.15, -0.1) is 0 Å². The van der Waals surface area contributed by atoms with E-state index < -0.39 is 0 Å². The molecule has 1 aromatic rings. The third-order valence-corrected chi connectivity index (χ3v) is 3.07. The second-order valence-corrected chi connectivity index (χ2v) is 4.31. The van der Waals surface area contributed by atoms with Gasteiger partial charge in [0.1, 0.15) is 0 Å². The summed E-state index contributed by atoms with van der Waals surface area (Å²) in [5.41, 5.74) is 6.51. The van der Waals surface area contributed by atoms with E-state index in [-0.39, 0.29) is 12.0 Å². The van der Waals surface area contributed by atoms with Crippen LogP contribution in [-0.2, 0) is 6.54 Å². The molecule has 0 bridgehead atoms. The smallest absolute Gasteiger partial charge is 0.276 e. The Kier molecular flexibility index (Phi) is 3.33. The number of rotatable bonds is 2. The zero-order valence-electron chi connectivity index (χ0n) is 9.96. The molecule has 0 unspecified atom stereocenters. The maximum Gasteiger partial charge on any atom is 0.276 e. The van der Waals surface area contributed by atoms with Gasteiger partial charge in [0.25, 0.3) is 5.91 Å². The maximum atomic E-state index is 12.1. The standard InChI is InChI=1S/C11H18N4O2/c1-2-15-7-9(12)10(13-15)11(17)14-5-3-8(16)4-6-14/h7-8,16H,2-6,12H2,1H3. The van der Waals surface area contributed by atoms with Gasteiger partial charge in [-0.1, -0.05) is 0 Å². The number of hydrogen-bond acceptors (Lipinski definition) is 4. The lowest BCUT2D eigenvalue weighted by atomic mass is 10.1.